The Bertz CT molecular complexity index is 401. The standard InChI is InChI=1S/C13H17ClN2/c1-3-15-9-8-13(16(15)4-2)11-6-5-7-12(14)10-11/h5-8,10H,3-4,9H2,1-2H3. The van der Waals surface area contributed by atoms with E-state index in [1.54, 1.807) is 0 Å². The highest BCUT2D eigenvalue weighted by atomic mass is 35.5. The topological polar surface area (TPSA) is 6.48 Å². The minimum Gasteiger partial charge on any atom is -0.305 e. The lowest BCUT2D eigenvalue weighted by Gasteiger charge is -2.30. The maximum Gasteiger partial charge on any atom is 0.0568 e. The van der Waals surface area contributed by atoms with Gasteiger partial charge in [0.05, 0.1) is 5.70 Å². The van der Waals surface area contributed by atoms with Gasteiger partial charge in [0.25, 0.3) is 0 Å². The predicted octanol–water partition coefficient (Wildman–Crippen LogP) is 3.25. The first-order chi connectivity index (χ1) is 7.76. The Hall–Kier alpha value is -0.990. The highest BCUT2D eigenvalue weighted by Crippen LogP contribution is 2.27. The fourth-order valence-electron chi connectivity index (χ4n) is 2.13. The van der Waals surface area contributed by atoms with Gasteiger partial charge in [-0.1, -0.05) is 30.7 Å². The van der Waals surface area contributed by atoms with E-state index in [2.05, 4.69) is 36.0 Å². The summed E-state index contributed by atoms with van der Waals surface area (Å²) < 4.78 is 0. The third-order valence-electron chi connectivity index (χ3n) is 2.90. The molecule has 0 fully saturated rings. The Morgan fingerprint density at radius 1 is 1.25 bits per heavy atom. The van der Waals surface area contributed by atoms with Crippen molar-refractivity contribution in [1.82, 2.24) is 10.0 Å². The second kappa shape index (κ2) is 4.89. The van der Waals surface area contributed by atoms with Crippen molar-refractivity contribution in [2.75, 3.05) is 19.6 Å². The highest BCUT2D eigenvalue weighted by molar-refractivity contribution is 6.30. The van der Waals surface area contributed by atoms with Crippen molar-refractivity contribution in [3.63, 3.8) is 0 Å². The summed E-state index contributed by atoms with van der Waals surface area (Å²) in [6, 6.07) is 8.05. The SMILES string of the molecule is CCN1CC=C(c2cccc(Cl)c2)N1CC. The molecule has 2 rings (SSSR count). The molecule has 0 unspecified atom stereocenters. The first-order valence-electron chi connectivity index (χ1n) is 5.74. The number of rotatable bonds is 3. The van der Waals surface area contributed by atoms with E-state index in [1.165, 1.54) is 11.3 Å². The monoisotopic (exact) mass is 236 g/mol. The fraction of sp³-hybridized carbons (Fsp3) is 0.385. The molecule has 1 aromatic rings. The number of hydrazine groups is 1. The van der Waals surface area contributed by atoms with Gasteiger partial charge in [-0.15, -0.1) is 0 Å². The normalized spacial score (nSPS) is 16.7. The molecule has 2 nitrogen and oxygen atoms in total. The van der Waals surface area contributed by atoms with Gasteiger partial charge in [0.2, 0.25) is 0 Å². The van der Waals surface area contributed by atoms with Crippen LogP contribution in [-0.2, 0) is 0 Å². The van der Waals surface area contributed by atoms with E-state index in [0.29, 0.717) is 0 Å². The fourth-order valence-corrected chi connectivity index (χ4v) is 2.32. The Labute approximate surface area is 102 Å². The molecule has 0 atom stereocenters. The summed E-state index contributed by atoms with van der Waals surface area (Å²) in [5.74, 6) is 0. The molecule has 0 aromatic heterocycles. The lowest BCUT2D eigenvalue weighted by atomic mass is 10.1. The zero-order chi connectivity index (χ0) is 11.5. The lowest BCUT2D eigenvalue weighted by Crippen LogP contribution is -2.36. The summed E-state index contributed by atoms with van der Waals surface area (Å²) in [5, 5.41) is 5.44. The number of benzene rings is 1. The van der Waals surface area contributed by atoms with Crippen LogP contribution in [0.15, 0.2) is 30.3 Å². The van der Waals surface area contributed by atoms with Crippen LogP contribution in [0.4, 0.5) is 0 Å². The van der Waals surface area contributed by atoms with Crippen molar-refractivity contribution in [3.8, 4) is 0 Å². The molecule has 86 valence electrons. The molecular weight excluding hydrogens is 220 g/mol. The number of halogens is 1. The number of likely N-dealkylation sites (N-methyl/N-ethyl adjacent to an activating group) is 1. The van der Waals surface area contributed by atoms with Crippen LogP contribution in [0, 0.1) is 0 Å². The highest BCUT2D eigenvalue weighted by Gasteiger charge is 2.21. The molecule has 0 saturated carbocycles. The zero-order valence-electron chi connectivity index (χ0n) is 9.78. The molecule has 0 radical (unpaired) electrons. The van der Waals surface area contributed by atoms with Gasteiger partial charge in [-0.3, -0.25) is 0 Å². The van der Waals surface area contributed by atoms with E-state index in [-0.39, 0.29) is 0 Å². The second-order valence-electron chi connectivity index (χ2n) is 3.82. The molecule has 1 aromatic carbocycles. The summed E-state index contributed by atoms with van der Waals surface area (Å²) in [6.07, 6.45) is 2.26. The first kappa shape index (κ1) is 11.5. The van der Waals surface area contributed by atoms with Gasteiger partial charge in [-0.2, -0.15) is 0 Å². The molecule has 0 bridgehead atoms. The molecule has 3 heteroatoms. The van der Waals surface area contributed by atoms with E-state index in [1.807, 2.05) is 18.2 Å². The van der Waals surface area contributed by atoms with E-state index in [0.717, 1.165) is 24.7 Å². The molecule has 0 spiro atoms. The minimum atomic E-state index is 0.796. The summed E-state index contributed by atoms with van der Waals surface area (Å²) in [5.41, 5.74) is 2.47. The number of hydrogen-bond acceptors (Lipinski definition) is 2. The maximum absolute atomic E-state index is 6.03. The third-order valence-corrected chi connectivity index (χ3v) is 3.13. The summed E-state index contributed by atoms with van der Waals surface area (Å²) in [7, 11) is 0. The third kappa shape index (κ3) is 2.08. The van der Waals surface area contributed by atoms with Crippen LogP contribution in [0.2, 0.25) is 5.02 Å². The quantitative estimate of drug-likeness (QED) is 0.795. The van der Waals surface area contributed by atoms with Crippen molar-refractivity contribution in [2.45, 2.75) is 13.8 Å². The second-order valence-corrected chi connectivity index (χ2v) is 4.26. The van der Waals surface area contributed by atoms with Crippen LogP contribution in [0.5, 0.6) is 0 Å². The Morgan fingerprint density at radius 2 is 2.06 bits per heavy atom. The molecule has 1 aliphatic rings. The number of hydrogen-bond donors (Lipinski definition) is 0. The lowest BCUT2D eigenvalue weighted by molar-refractivity contribution is 0.0749. The van der Waals surface area contributed by atoms with Crippen LogP contribution in [0.1, 0.15) is 19.4 Å². The van der Waals surface area contributed by atoms with E-state index >= 15 is 0 Å². The average molecular weight is 237 g/mol. The van der Waals surface area contributed by atoms with Gasteiger partial charge < -0.3 is 5.01 Å². The molecule has 1 aliphatic heterocycles. The summed E-state index contributed by atoms with van der Waals surface area (Å²) in [4.78, 5) is 0. The molecule has 0 saturated heterocycles. The van der Waals surface area contributed by atoms with E-state index < -0.39 is 0 Å². The van der Waals surface area contributed by atoms with Gasteiger partial charge in [-0.25, -0.2) is 5.01 Å². The Balaban J connectivity index is 2.28. The summed E-state index contributed by atoms with van der Waals surface area (Å²) in [6.45, 7) is 7.37. The Kier molecular flexibility index (Phi) is 3.52. The minimum absolute atomic E-state index is 0.796. The Morgan fingerprint density at radius 3 is 2.69 bits per heavy atom. The van der Waals surface area contributed by atoms with Gasteiger partial charge in [0.15, 0.2) is 0 Å². The smallest absolute Gasteiger partial charge is 0.0568 e. The molecular formula is C13H17ClN2. The molecule has 1 heterocycles. The predicted molar refractivity (Wildman–Crippen MR) is 69.1 cm³/mol. The van der Waals surface area contributed by atoms with Crippen molar-refractivity contribution in [2.24, 2.45) is 0 Å². The average Bonchev–Trinajstić information content (AvgIpc) is 2.71. The van der Waals surface area contributed by atoms with Crippen LogP contribution >= 0.6 is 11.6 Å². The molecule has 0 N–H and O–H groups in total. The largest absolute Gasteiger partial charge is 0.305 e. The van der Waals surface area contributed by atoms with Crippen LogP contribution < -0.4 is 0 Å². The van der Waals surface area contributed by atoms with Crippen molar-refractivity contribution >= 4 is 17.3 Å². The van der Waals surface area contributed by atoms with Gasteiger partial charge in [0.1, 0.15) is 0 Å². The van der Waals surface area contributed by atoms with Crippen molar-refractivity contribution in [3.05, 3.63) is 40.9 Å². The number of nitrogens with zero attached hydrogens (tertiary/aromatic N) is 2. The first-order valence-corrected chi connectivity index (χ1v) is 6.12. The molecule has 0 amide bonds. The van der Waals surface area contributed by atoms with Crippen LogP contribution in [0.25, 0.3) is 5.70 Å². The van der Waals surface area contributed by atoms with Crippen LogP contribution in [-0.4, -0.2) is 29.7 Å². The molecule has 16 heavy (non-hydrogen) atoms. The van der Waals surface area contributed by atoms with Gasteiger partial charge in [0, 0.05) is 30.2 Å². The van der Waals surface area contributed by atoms with Crippen molar-refractivity contribution in [1.29, 1.82) is 0 Å². The zero-order valence-corrected chi connectivity index (χ0v) is 10.5. The van der Waals surface area contributed by atoms with E-state index in [9.17, 15) is 0 Å². The van der Waals surface area contributed by atoms with Crippen LogP contribution in [0.3, 0.4) is 0 Å². The van der Waals surface area contributed by atoms with Gasteiger partial charge >= 0.3 is 0 Å². The summed E-state index contributed by atoms with van der Waals surface area (Å²) >= 11 is 6.03. The van der Waals surface area contributed by atoms with Crippen molar-refractivity contribution < 1.29 is 0 Å². The van der Waals surface area contributed by atoms with Gasteiger partial charge in [-0.05, 0) is 25.1 Å². The maximum atomic E-state index is 6.03. The van der Waals surface area contributed by atoms with E-state index in [4.69, 9.17) is 11.6 Å². The molecule has 0 aliphatic carbocycles.